The third-order valence-corrected chi connectivity index (χ3v) is 6.41. The van der Waals surface area contributed by atoms with Gasteiger partial charge in [0.2, 0.25) is 5.91 Å². The van der Waals surface area contributed by atoms with Crippen molar-refractivity contribution in [3.63, 3.8) is 0 Å². The molecule has 35 heavy (non-hydrogen) atoms. The van der Waals surface area contributed by atoms with Crippen molar-refractivity contribution in [1.82, 2.24) is 19.7 Å². The lowest BCUT2D eigenvalue weighted by atomic mass is 10.1. The van der Waals surface area contributed by atoms with Gasteiger partial charge in [-0.2, -0.15) is 0 Å². The fourth-order valence-electron chi connectivity index (χ4n) is 4.41. The zero-order chi connectivity index (χ0) is 24.7. The van der Waals surface area contributed by atoms with Gasteiger partial charge >= 0.3 is 0 Å². The van der Waals surface area contributed by atoms with Crippen LogP contribution in [0.15, 0.2) is 36.4 Å². The van der Waals surface area contributed by atoms with Gasteiger partial charge < -0.3 is 9.88 Å². The molecule has 0 aliphatic carbocycles. The zero-order valence-corrected chi connectivity index (χ0v) is 19.1. The van der Waals surface area contributed by atoms with Crippen LogP contribution in [0.5, 0.6) is 0 Å². The molecule has 2 aliphatic rings. The number of benzene rings is 2. The van der Waals surface area contributed by atoms with Gasteiger partial charge in [0.25, 0.3) is 17.5 Å². The summed E-state index contributed by atoms with van der Waals surface area (Å²) in [4.78, 5) is 49.4. The first-order chi connectivity index (χ1) is 16.8. The molecule has 0 saturated heterocycles. The summed E-state index contributed by atoms with van der Waals surface area (Å²) < 4.78 is 2.03. The van der Waals surface area contributed by atoms with Crippen molar-refractivity contribution in [2.24, 2.45) is 0 Å². The lowest BCUT2D eigenvalue weighted by molar-refractivity contribution is -0.385. The Balaban J connectivity index is 1.36. The van der Waals surface area contributed by atoms with Crippen molar-refractivity contribution in [3.05, 3.63) is 68.5 Å². The molecule has 0 spiro atoms. The van der Waals surface area contributed by atoms with Crippen molar-refractivity contribution in [2.75, 3.05) is 11.9 Å². The molecule has 0 saturated carbocycles. The van der Waals surface area contributed by atoms with E-state index in [0.717, 1.165) is 44.1 Å². The van der Waals surface area contributed by atoms with E-state index < -0.39 is 34.9 Å². The number of imide groups is 1. The molecule has 0 unspecified atom stereocenters. The zero-order valence-electron chi connectivity index (χ0n) is 18.4. The average Bonchev–Trinajstić information content (AvgIpc) is 3.23. The van der Waals surface area contributed by atoms with Gasteiger partial charge in [-0.1, -0.05) is 24.1 Å². The third kappa shape index (κ3) is 4.03. The standard InChI is InChI=1S/C23H19ClN6O5/c24-16-9-8-13(11-15(16)21-27-26-18-7-2-1-3-10-28(18)21)25-19(31)12-29-22(32)14-5-4-6-17(30(34)35)20(14)23(29)33/h4-6,8-9,11H,1-3,7,10,12H2,(H,25,31). The second kappa shape index (κ2) is 8.91. The predicted molar refractivity (Wildman–Crippen MR) is 125 cm³/mol. The molecule has 0 fully saturated rings. The van der Waals surface area contributed by atoms with Gasteiger partial charge in [-0.25, -0.2) is 0 Å². The molecule has 1 N–H and O–H groups in total. The molecular weight excluding hydrogens is 476 g/mol. The van der Waals surface area contributed by atoms with Crippen LogP contribution in [-0.4, -0.2) is 48.9 Å². The highest BCUT2D eigenvalue weighted by Gasteiger charge is 2.41. The lowest BCUT2D eigenvalue weighted by Crippen LogP contribution is -2.37. The summed E-state index contributed by atoms with van der Waals surface area (Å²) in [6.45, 7) is 0.179. The molecule has 2 aromatic carbocycles. The fraction of sp³-hybridized carbons (Fsp3) is 0.261. The van der Waals surface area contributed by atoms with E-state index in [0.29, 0.717) is 27.0 Å². The van der Waals surface area contributed by atoms with Crippen LogP contribution in [0.25, 0.3) is 11.4 Å². The molecule has 2 aliphatic heterocycles. The molecule has 5 rings (SSSR count). The number of carbonyl (C=O) groups excluding carboxylic acids is 3. The summed E-state index contributed by atoms with van der Waals surface area (Å²) in [5.41, 5.74) is 0.109. The fourth-order valence-corrected chi connectivity index (χ4v) is 4.62. The SMILES string of the molecule is O=C(CN1C(=O)c2cccc([N+](=O)[O-])c2C1=O)Nc1ccc(Cl)c(-c2nnc3n2CCCCC3)c1. The number of aryl methyl sites for hydroxylation is 1. The maximum atomic E-state index is 12.7. The number of carbonyl (C=O) groups is 3. The van der Waals surface area contributed by atoms with Crippen LogP contribution in [0.4, 0.5) is 11.4 Å². The maximum absolute atomic E-state index is 12.7. The Kier molecular flexibility index (Phi) is 5.77. The molecule has 3 aromatic rings. The molecule has 0 bridgehead atoms. The van der Waals surface area contributed by atoms with E-state index in [4.69, 9.17) is 11.6 Å². The second-order valence-corrected chi connectivity index (χ2v) is 8.71. The van der Waals surface area contributed by atoms with E-state index in [1.165, 1.54) is 12.1 Å². The number of anilines is 1. The first kappa shape index (κ1) is 22.7. The minimum Gasteiger partial charge on any atom is -0.325 e. The molecule has 11 nitrogen and oxygen atoms in total. The number of nitro benzene ring substituents is 1. The van der Waals surface area contributed by atoms with Gasteiger partial charge in [0.05, 0.1) is 15.5 Å². The largest absolute Gasteiger partial charge is 0.325 e. The minimum absolute atomic E-state index is 0.0988. The quantitative estimate of drug-likeness (QED) is 0.325. The Labute approximate surface area is 203 Å². The molecule has 1 aromatic heterocycles. The molecule has 12 heteroatoms. The van der Waals surface area contributed by atoms with Crippen LogP contribution >= 0.6 is 11.6 Å². The summed E-state index contributed by atoms with van der Waals surface area (Å²) in [6, 6.07) is 8.68. The Morgan fingerprint density at radius 1 is 1.09 bits per heavy atom. The van der Waals surface area contributed by atoms with Crippen LogP contribution in [-0.2, 0) is 17.8 Å². The first-order valence-corrected chi connectivity index (χ1v) is 11.4. The van der Waals surface area contributed by atoms with Gasteiger partial charge in [0.1, 0.15) is 17.9 Å². The van der Waals surface area contributed by atoms with E-state index in [1.54, 1.807) is 18.2 Å². The highest BCUT2D eigenvalue weighted by molar-refractivity contribution is 6.33. The molecule has 0 atom stereocenters. The van der Waals surface area contributed by atoms with Gasteiger partial charge in [0, 0.05) is 30.3 Å². The molecule has 0 radical (unpaired) electrons. The number of hydrogen-bond donors (Lipinski definition) is 1. The van der Waals surface area contributed by atoms with Crippen molar-refractivity contribution in [2.45, 2.75) is 32.2 Å². The number of halogens is 1. The summed E-state index contributed by atoms with van der Waals surface area (Å²) in [5, 5.41) is 23.0. The Morgan fingerprint density at radius 2 is 1.91 bits per heavy atom. The van der Waals surface area contributed by atoms with Crippen LogP contribution in [0.1, 0.15) is 45.8 Å². The summed E-state index contributed by atoms with van der Waals surface area (Å²) in [5.74, 6) is -0.781. The predicted octanol–water partition coefficient (Wildman–Crippen LogP) is 3.47. The van der Waals surface area contributed by atoms with Gasteiger partial charge in [-0.15, -0.1) is 10.2 Å². The number of nitro groups is 1. The average molecular weight is 495 g/mol. The first-order valence-electron chi connectivity index (χ1n) is 11.0. The van der Waals surface area contributed by atoms with Crippen LogP contribution < -0.4 is 5.32 Å². The molecule has 3 amide bonds. The van der Waals surface area contributed by atoms with Crippen LogP contribution in [0.3, 0.4) is 0 Å². The summed E-state index contributed by atoms with van der Waals surface area (Å²) in [6.07, 6.45) is 3.99. The third-order valence-electron chi connectivity index (χ3n) is 6.08. The number of nitrogens with one attached hydrogen (secondary N) is 1. The van der Waals surface area contributed by atoms with Crippen molar-refractivity contribution in [1.29, 1.82) is 0 Å². The van der Waals surface area contributed by atoms with Crippen LogP contribution in [0.2, 0.25) is 5.02 Å². The number of fused-ring (bicyclic) bond motifs is 2. The Morgan fingerprint density at radius 3 is 2.71 bits per heavy atom. The minimum atomic E-state index is -0.879. The van der Waals surface area contributed by atoms with E-state index in [-0.39, 0.29) is 11.1 Å². The lowest BCUT2D eigenvalue weighted by Gasteiger charge is -2.14. The monoisotopic (exact) mass is 494 g/mol. The molecule has 178 valence electrons. The number of rotatable bonds is 5. The van der Waals surface area contributed by atoms with Crippen molar-refractivity contribution >= 4 is 40.7 Å². The topological polar surface area (TPSA) is 140 Å². The highest BCUT2D eigenvalue weighted by atomic mass is 35.5. The van der Waals surface area contributed by atoms with E-state index in [9.17, 15) is 24.5 Å². The Hall–Kier alpha value is -4.12. The number of nitrogens with zero attached hydrogens (tertiary/aromatic N) is 5. The highest BCUT2D eigenvalue weighted by Crippen LogP contribution is 2.32. The normalized spacial score (nSPS) is 14.9. The van der Waals surface area contributed by atoms with E-state index in [1.807, 2.05) is 4.57 Å². The number of amides is 3. The van der Waals surface area contributed by atoms with Crippen molar-refractivity contribution < 1.29 is 19.3 Å². The van der Waals surface area contributed by atoms with E-state index in [2.05, 4.69) is 15.5 Å². The smallest absolute Gasteiger partial charge is 0.282 e. The number of aromatic nitrogens is 3. The maximum Gasteiger partial charge on any atom is 0.282 e. The van der Waals surface area contributed by atoms with Gasteiger partial charge in [0.15, 0.2) is 5.82 Å². The summed E-state index contributed by atoms with van der Waals surface area (Å²) >= 11 is 6.43. The molecular formula is C23H19ClN6O5. The number of hydrogen-bond acceptors (Lipinski definition) is 7. The van der Waals surface area contributed by atoms with Gasteiger partial charge in [-0.3, -0.25) is 29.4 Å². The van der Waals surface area contributed by atoms with Crippen molar-refractivity contribution in [3.8, 4) is 11.4 Å². The Bertz CT molecular complexity index is 1400. The van der Waals surface area contributed by atoms with Crippen LogP contribution in [0, 0.1) is 10.1 Å². The summed E-state index contributed by atoms with van der Waals surface area (Å²) in [7, 11) is 0. The van der Waals surface area contributed by atoms with Gasteiger partial charge in [-0.05, 0) is 37.1 Å². The second-order valence-electron chi connectivity index (χ2n) is 8.30. The molecule has 3 heterocycles. The van der Waals surface area contributed by atoms with E-state index >= 15 is 0 Å².